The minimum absolute atomic E-state index is 0. The van der Waals surface area contributed by atoms with E-state index in [-0.39, 0.29) is 29.9 Å². The fraction of sp³-hybridized carbons (Fsp3) is 0.895. The minimum Gasteiger partial charge on any atom is -0.358 e. The van der Waals surface area contributed by atoms with Gasteiger partial charge >= 0.3 is 0 Å². The Kier molecular flexibility index (Phi) is 12.3. The number of guanidine groups is 1. The third-order valence-corrected chi connectivity index (χ3v) is 5.60. The van der Waals surface area contributed by atoms with Crippen molar-refractivity contribution in [1.82, 2.24) is 20.9 Å². The molecule has 6 nitrogen and oxygen atoms in total. The molecule has 3 N–H and O–H groups in total. The number of nitrogens with zero attached hydrogens (tertiary/aromatic N) is 2. The molecule has 0 aromatic carbocycles. The molecule has 2 rings (SSSR count). The van der Waals surface area contributed by atoms with Crippen LogP contribution in [0.4, 0.5) is 0 Å². The number of amides is 1. The summed E-state index contributed by atoms with van der Waals surface area (Å²) in [5, 5.41) is 9.68. The van der Waals surface area contributed by atoms with Crippen molar-refractivity contribution in [2.24, 2.45) is 10.9 Å². The summed E-state index contributed by atoms with van der Waals surface area (Å²) in [6, 6.07) is 0.450. The molecule has 1 aliphatic heterocycles. The van der Waals surface area contributed by atoms with Crippen molar-refractivity contribution < 1.29 is 4.79 Å². The van der Waals surface area contributed by atoms with Crippen LogP contribution in [0.1, 0.15) is 57.8 Å². The molecule has 0 bridgehead atoms. The number of unbranched alkanes of at least 4 members (excludes halogenated alkanes) is 1. The Morgan fingerprint density at radius 1 is 1.12 bits per heavy atom. The number of nitrogens with one attached hydrogen (secondary N) is 3. The van der Waals surface area contributed by atoms with E-state index in [0.29, 0.717) is 12.6 Å². The highest BCUT2D eigenvalue weighted by atomic mass is 127. The third kappa shape index (κ3) is 8.88. The molecule has 152 valence electrons. The number of likely N-dealkylation sites (N-methyl/N-ethyl adjacent to an activating group) is 1. The highest BCUT2D eigenvalue weighted by Gasteiger charge is 2.21. The van der Waals surface area contributed by atoms with Gasteiger partial charge in [0, 0.05) is 39.8 Å². The van der Waals surface area contributed by atoms with E-state index in [4.69, 9.17) is 0 Å². The van der Waals surface area contributed by atoms with Gasteiger partial charge in [-0.15, -0.1) is 24.0 Å². The number of hydrogen-bond donors (Lipinski definition) is 3. The van der Waals surface area contributed by atoms with E-state index in [2.05, 4.69) is 25.8 Å². The van der Waals surface area contributed by atoms with E-state index in [1.54, 1.807) is 7.05 Å². The Hall–Kier alpha value is -0.570. The molecule has 1 aliphatic carbocycles. The van der Waals surface area contributed by atoms with Crippen LogP contribution in [0.25, 0.3) is 0 Å². The maximum atomic E-state index is 11.4. The van der Waals surface area contributed by atoms with Gasteiger partial charge in [0.1, 0.15) is 0 Å². The van der Waals surface area contributed by atoms with E-state index in [1.807, 2.05) is 7.05 Å². The lowest BCUT2D eigenvalue weighted by Gasteiger charge is -2.32. The van der Waals surface area contributed by atoms with Gasteiger partial charge in [-0.1, -0.05) is 38.5 Å². The number of piperidine rings is 1. The number of aliphatic imine (C=N–C) groups is 1. The van der Waals surface area contributed by atoms with Crippen LogP contribution in [0.5, 0.6) is 0 Å². The average molecular weight is 479 g/mol. The van der Waals surface area contributed by atoms with Crippen molar-refractivity contribution in [2.75, 3.05) is 40.3 Å². The van der Waals surface area contributed by atoms with E-state index in [9.17, 15) is 4.79 Å². The predicted octanol–water partition coefficient (Wildman–Crippen LogP) is 2.34. The van der Waals surface area contributed by atoms with Crippen LogP contribution in [0, 0.1) is 5.92 Å². The minimum atomic E-state index is 0. The fourth-order valence-electron chi connectivity index (χ4n) is 3.97. The summed E-state index contributed by atoms with van der Waals surface area (Å²) >= 11 is 0. The fourth-order valence-corrected chi connectivity index (χ4v) is 3.97. The van der Waals surface area contributed by atoms with E-state index in [1.165, 1.54) is 44.9 Å². The summed E-state index contributed by atoms with van der Waals surface area (Å²) in [5.41, 5.74) is 0. The second-order valence-electron chi connectivity index (χ2n) is 7.51. The smallest absolute Gasteiger partial charge is 0.233 e. The van der Waals surface area contributed by atoms with E-state index < -0.39 is 0 Å². The van der Waals surface area contributed by atoms with Crippen LogP contribution in [0.3, 0.4) is 0 Å². The van der Waals surface area contributed by atoms with Gasteiger partial charge < -0.3 is 16.0 Å². The lowest BCUT2D eigenvalue weighted by Crippen LogP contribution is -2.50. The molecule has 2 fully saturated rings. The number of carbonyl (C=O) groups is 1. The number of carbonyl (C=O) groups excluding carboxylic acids is 1. The second-order valence-corrected chi connectivity index (χ2v) is 7.51. The Bertz CT molecular complexity index is 418. The van der Waals surface area contributed by atoms with Gasteiger partial charge in [0.05, 0.1) is 6.54 Å². The van der Waals surface area contributed by atoms with Crippen molar-refractivity contribution in [2.45, 2.75) is 63.8 Å². The van der Waals surface area contributed by atoms with Gasteiger partial charge in [-0.2, -0.15) is 0 Å². The highest BCUT2D eigenvalue weighted by Crippen LogP contribution is 2.28. The molecule has 1 heterocycles. The van der Waals surface area contributed by atoms with Crippen LogP contribution in [-0.4, -0.2) is 63.1 Å². The Morgan fingerprint density at radius 3 is 2.42 bits per heavy atom. The second kappa shape index (κ2) is 13.6. The largest absolute Gasteiger partial charge is 0.358 e. The van der Waals surface area contributed by atoms with Gasteiger partial charge in [-0.05, 0) is 25.2 Å². The number of likely N-dealkylation sites (tertiary alicyclic amines) is 1. The van der Waals surface area contributed by atoms with Crippen LogP contribution < -0.4 is 16.0 Å². The molecule has 0 unspecified atom stereocenters. The third-order valence-electron chi connectivity index (χ3n) is 5.60. The lowest BCUT2D eigenvalue weighted by atomic mass is 10.0. The molecule has 2 aliphatic rings. The molecule has 0 aromatic heterocycles. The Morgan fingerprint density at radius 2 is 1.81 bits per heavy atom. The molecule has 1 amide bonds. The van der Waals surface area contributed by atoms with Crippen molar-refractivity contribution in [3.63, 3.8) is 0 Å². The zero-order chi connectivity index (χ0) is 17.9. The Labute approximate surface area is 176 Å². The normalized spacial score (nSPS) is 19.8. The van der Waals surface area contributed by atoms with Crippen molar-refractivity contribution in [1.29, 1.82) is 0 Å². The van der Waals surface area contributed by atoms with Crippen molar-refractivity contribution in [3.8, 4) is 0 Å². The van der Waals surface area contributed by atoms with Crippen LogP contribution in [-0.2, 0) is 4.79 Å². The topological polar surface area (TPSA) is 68.8 Å². The summed E-state index contributed by atoms with van der Waals surface area (Å²) in [4.78, 5) is 18.0. The quantitative estimate of drug-likeness (QED) is 0.216. The maximum absolute atomic E-state index is 11.4. The van der Waals surface area contributed by atoms with Gasteiger partial charge in [-0.25, -0.2) is 0 Å². The van der Waals surface area contributed by atoms with Crippen molar-refractivity contribution >= 4 is 35.8 Å². The molecular weight excluding hydrogens is 441 g/mol. The van der Waals surface area contributed by atoms with Gasteiger partial charge in [-0.3, -0.25) is 14.7 Å². The van der Waals surface area contributed by atoms with Gasteiger partial charge in [0.25, 0.3) is 0 Å². The summed E-state index contributed by atoms with van der Waals surface area (Å²) in [7, 11) is 3.54. The molecular formula is C19H38IN5O. The van der Waals surface area contributed by atoms with Crippen LogP contribution >= 0.6 is 24.0 Å². The number of halogens is 1. The van der Waals surface area contributed by atoms with Crippen LogP contribution in [0.15, 0.2) is 4.99 Å². The molecule has 7 heteroatoms. The molecule has 0 radical (unpaired) electrons. The zero-order valence-corrected chi connectivity index (χ0v) is 18.9. The summed E-state index contributed by atoms with van der Waals surface area (Å²) in [5.74, 6) is 2.02. The average Bonchev–Trinajstić information content (AvgIpc) is 3.15. The summed E-state index contributed by atoms with van der Waals surface area (Å²) < 4.78 is 0. The summed E-state index contributed by atoms with van der Waals surface area (Å²) in [6.07, 6.45) is 11.9. The number of rotatable bonds is 8. The molecule has 0 atom stereocenters. The predicted molar refractivity (Wildman–Crippen MR) is 119 cm³/mol. The molecule has 0 aromatic rings. The standard InChI is InChI=1S/C19H37N5O.HI/c1-20-18(25)15-24-13-10-17(11-14-24)23-19(21-2)22-12-6-5-9-16-7-3-4-8-16;/h16-17H,3-15H2,1-2H3,(H,20,25)(H2,21,22,23);1H. The zero-order valence-electron chi connectivity index (χ0n) is 16.6. The monoisotopic (exact) mass is 479 g/mol. The molecule has 26 heavy (non-hydrogen) atoms. The first-order valence-electron chi connectivity index (χ1n) is 10.1. The first-order valence-corrected chi connectivity index (χ1v) is 10.1. The van der Waals surface area contributed by atoms with E-state index in [0.717, 1.165) is 44.4 Å². The SMILES string of the molecule is CN=C(NCCCCC1CCCC1)NC1CCN(CC(=O)NC)CC1.I. The molecule has 1 saturated heterocycles. The summed E-state index contributed by atoms with van der Waals surface area (Å²) in [6.45, 7) is 3.44. The Balaban J connectivity index is 0.00000338. The van der Waals surface area contributed by atoms with Gasteiger partial charge in [0.15, 0.2) is 5.96 Å². The molecule has 0 spiro atoms. The van der Waals surface area contributed by atoms with Crippen molar-refractivity contribution in [3.05, 3.63) is 0 Å². The first kappa shape index (κ1) is 23.5. The van der Waals surface area contributed by atoms with Gasteiger partial charge in [0.2, 0.25) is 5.91 Å². The highest BCUT2D eigenvalue weighted by molar-refractivity contribution is 14.0. The molecule has 1 saturated carbocycles. The van der Waals surface area contributed by atoms with Crippen LogP contribution in [0.2, 0.25) is 0 Å². The van der Waals surface area contributed by atoms with E-state index >= 15 is 0 Å². The maximum Gasteiger partial charge on any atom is 0.233 e. The lowest BCUT2D eigenvalue weighted by molar-refractivity contribution is -0.122. The number of hydrogen-bond acceptors (Lipinski definition) is 3. The first-order chi connectivity index (χ1) is 12.2.